The minimum atomic E-state index is -0.417. The van der Waals surface area contributed by atoms with E-state index in [0.717, 1.165) is 22.9 Å². The molecule has 2 N–H and O–H groups in total. The summed E-state index contributed by atoms with van der Waals surface area (Å²) in [6, 6.07) is 23.5. The Morgan fingerprint density at radius 3 is 2.55 bits per heavy atom. The molecular weight excluding hydrogens is 380 g/mol. The van der Waals surface area contributed by atoms with Gasteiger partial charge in [0.2, 0.25) is 0 Å². The van der Waals surface area contributed by atoms with E-state index in [0.29, 0.717) is 17.1 Å². The van der Waals surface area contributed by atoms with Crippen LogP contribution in [-0.2, 0) is 6.42 Å². The van der Waals surface area contributed by atoms with Crippen molar-refractivity contribution in [1.82, 2.24) is 10.3 Å². The molecular formula is C25H23ClN2O. The number of nitrogens with one attached hydrogen (secondary N) is 2. The maximum atomic E-state index is 13.5. The van der Waals surface area contributed by atoms with E-state index in [4.69, 9.17) is 11.6 Å². The minimum absolute atomic E-state index is 0.0358. The summed E-state index contributed by atoms with van der Waals surface area (Å²) in [5.41, 5.74) is 5.01. The molecule has 0 aliphatic rings. The first-order chi connectivity index (χ1) is 14.1. The normalized spacial score (nSPS) is 12.2. The monoisotopic (exact) mass is 402 g/mol. The van der Waals surface area contributed by atoms with Crippen LogP contribution in [0.25, 0.3) is 10.9 Å². The SMILES string of the molecule is Cc1ccc(CCN[C@H](C(=O)c2c[nH]c3ccc(Cl)cc23)c2ccccc2)cc1. The molecule has 0 unspecified atom stereocenters. The number of carbonyl (C=O) groups is 1. The minimum Gasteiger partial charge on any atom is -0.360 e. The van der Waals surface area contributed by atoms with Crippen LogP contribution >= 0.6 is 11.6 Å². The topological polar surface area (TPSA) is 44.9 Å². The Kier molecular flexibility index (Phi) is 5.79. The van der Waals surface area contributed by atoms with Crippen LogP contribution in [-0.4, -0.2) is 17.3 Å². The Balaban J connectivity index is 1.59. The van der Waals surface area contributed by atoms with Gasteiger partial charge in [0.1, 0.15) is 0 Å². The van der Waals surface area contributed by atoms with E-state index in [1.54, 1.807) is 6.20 Å². The molecule has 0 spiro atoms. The van der Waals surface area contributed by atoms with Gasteiger partial charge < -0.3 is 10.3 Å². The first-order valence-corrected chi connectivity index (χ1v) is 10.1. The summed E-state index contributed by atoms with van der Waals surface area (Å²) >= 11 is 6.17. The predicted molar refractivity (Wildman–Crippen MR) is 120 cm³/mol. The highest BCUT2D eigenvalue weighted by molar-refractivity contribution is 6.31. The highest BCUT2D eigenvalue weighted by atomic mass is 35.5. The first kappa shape index (κ1) is 19.4. The van der Waals surface area contributed by atoms with Crippen molar-refractivity contribution in [3.63, 3.8) is 0 Å². The molecule has 3 aromatic carbocycles. The number of rotatable bonds is 7. The number of aryl methyl sites for hydroxylation is 1. The second-order valence-corrected chi connectivity index (χ2v) is 7.73. The largest absolute Gasteiger partial charge is 0.360 e. The Labute approximate surface area is 175 Å². The van der Waals surface area contributed by atoms with Crippen LogP contribution in [0.2, 0.25) is 5.02 Å². The second-order valence-electron chi connectivity index (χ2n) is 7.29. The van der Waals surface area contributed by atoms with Crippen molar-refractivity contribution in [1.29, 1.82) is 0 Å². The number of carbonyl (C=O) groups excluding carboxylic acids is 1. The smallest absolute Gasteiger partial charge is 0.186 e. The van der Waals surface area contributed by atoms with Crippen LogP contribution in [0.3, 0.4) is 0 Å². The fourth-order valence-electron chi connectivity index (χ4n) is 3.58. The van der Waals surface area contributed by atoms with E-state index < -0.39 is 6.04 Å². The van der Waals surface area contributed by atoms with Crippen molar-refractivity contribution in [2.24, 2.45) is 0 Å². The van der Waals surface area contributed by atoms with Crippen molar-refractivity contribution >= 4 is 28.3 Å². The quantitative estimate of drug-likeness (QED) is 0.379. The number of aromatic amines is 1. The zero-order chi connectivity index (χ0) is 20.2. The van der Waals surface area contributed by atoms with Gasteiger partial charge in [0, 0.05) is 34.2 Å². The summed E-state index contributed by atoms with van der Waals surface area (Å²) in [5.74, 6) is 0.0358. The van der Waals surface area contributed by atoms with E-state index in [2.05, 4.69) is 41.5 Å². The van der Waals surface area contributed by atoms with Crippen molar-refractivity contribution in [3.05, 3.63) is 106 Å². The third-order valence-electron chi connectivity index (χ3n) is 5.19. The summed E-state index contributed by atoms with van der Waals surface area (Å²) in [4.78, 5) is 16.7. The van der Waals surface area contributed by atoms with Crippen LogP contribution < -0.4 is 5.32 Å². The lowest BCUT2D eigenvalue weighted by Crippen LogP contribution is -2.30. The lowest BCUT2D eigenvalue weighted by atomic mass is 9.96. The maximum absolute atomic E-state index is 13.5. The highest BCUT2D eigenvalue weighted by Gasteiger charge is 2.24. The summed E-state index contributed by atoms with van der Waals surface area (Å²) in [6.45, 7) is 2.79. The van der Waals surface area contributed by atoms with Crippen LogP contribution in [0, 0.1) is 6.92 Å². The van der Waals surface area contributed by atoms with Gasteiger partial charge in [-0.2, -0.15) is 0 Å². The number of hydrogen-bond donors (Lipinski definition) is 2. The fraction of sp³-hybridized carbons (Fsp3) is 0.160. The molecule has 4 heteroatoms. The zero-order valence-electron chi connectivity index (χ0n) is 16.3. The summed E-state index contributed by atoms with van der Waals surface area (Å²) in [7, 11) is 0. The molecule has 0 radical (unpaired) electrons. The van der Waals surface area contributed by atoms with Gasteiger partial charge in [-0.15, -0.1) is 0 Å². The molecule has 0 aliphatic heterocycles. The van der Waals surface area contributed by atoms with Crippen molar-refractivity contribution in [2.45, 2.75) is 19.4 Å². The molecule has 3 nitrogen and oxygen atoms in total. The standard InChI is InChI=1S/C25H23ClN2O/c1-17-7-9-18(10-8-17)13-14-27-24(19-5-3-2-4-6-19)25(29)22-16-28-23-12-11-20(26)15-21(22)23/h2-12,15-16,24,27-28H,13-14H2,1H3/t24-/m0/s1. The Morgan fingerprint density at radius 1 is 1.03 bits per heavy atom. The molecule has 1 heterocycles. The van der Waals surface area contributed by atoms with Gasteiger partial charge in [-0.1, -0.05) is 71.8 Å². The molecule has 4 aromatic rings. The van der Waals surface area contributed by atoms with Crippen LogP contribution in [0.1, 0.15) is 33.1 Å². The lowest BCUT2D eigenvalue weighted by Gasteiger charge is -2.18. The molecule has 0 saturated heterocycles. The van der Waals surface area contributed by atoms with Crippen molar-refractivity contribution in [2.75, 3.05) is 6.54 Å². The number of fused-ring (bicyclic) bond motifs is 1. The van der Waals surface area contributed by atoms with E-state index >= 15 is 0 Å². The van der Waals surface area contributed by atoms with Crippen LogP contribution in [0.15, 0.2) is 79.0 Å². The van der Waals surface area contributed by atoms with E-state index in [-0.39, 0.29) is 5.78 Å². The molecule has 146 valence electrons. The molecule has 0 saturated carbocycles. The Hall–Kier alpha value is -2.88. The van der Waals surface area contributed by atoms with Gasteiger partial charge in [0.05, 0.1) is 6.04 Å². The molecule has 4 rings (SSSR count). The van der Waals surface area contributed by atoms with Crippen molar-refractivity contribution < 1.29 is 4.79 Å². The Morgan fingerprint density at radius 2 is 1.79 bits per heavy atom. The maximum Gasteiger partial charge on any atom is 0.186 e. The average molecular weight is 403 g/mol. The van der Waals surface area contributed by atoms with E-state index in [1.807, 2.05) is 48.5 Å². The second kappa shape index (κ2) is 8.64. The van der Waals surface area contributed by atoms with Gasteiger partial charge in [0.25, 0.3) is 0 Å². The summed E-state index contributed by atoms with van der Waals surface area (Å²) in [5, 5.41) is 4.94. The van der Waals surface area contributed by atoms with Gasteiger partial charge in [-0.3, -0.25) is 4.79 Å². The van der Waals surface area contributed by atoms with Gasteiger partial charge >= 0.3 is 0 Å². The molecule has 0 bridgehead atoms. The molecule has 29 heavy (non-hydrogen) atoms. The molecule has 0 fully saturated rings. The highest BCUT2D eigenvalue weighted by Crippen LogP contribution is 2.27. The number of benzene rings is 3. The predicted octanol–water partition coefficient (Wildman–Crippen LogP) is 5.89. The van der Waals surface area contributed by atoms with E-state index in [9.17, 15) is 4.79 Å². The van der Waals surface area contributed by atoms with Gasteiger partial charge in [-0.05, 0) is 42.7 Å². The molecule has 1 atom stereocenters. The number of aromatic nitrogens is 1. The van der Waals surface area contributed by atoms with Gasteiger partial charge in [0.15, 0.2) is 5.78 Å². The summed E-state index contributed by atoms with van der Waals surface area (Å²) in [6.07, 6.45) is 2.64. The Bertz CT molecular complexity index is 1120. The average Bonchev–Trinajstić information content (AvgIpc) is 3.16. The van der Waals surface area contributed by atoms with Crippen LogP contribution in [0.5, 0.6) is 0 Å². The number of H-pyrrole nitrogens is 1. The van der Waals surface area contributed by atoms with Crippen molar-refractivity contribution in [3.8, 4) is 0 Å². The fourth-order valence-corrected chi connectivity index (χ4v) is 3.75. The number of Topliss-reactive ketones (excluding diaryl/α,β-unsaturated/α-hetero) is 1. The zero-order valence-corrected chi connectivity index (χ0v) is 17.0. The molecule has 0 amide bonds. The molecule has 0 aliphatic carbocycles. The number of halogens is 1. The third-order valence-corrected chi connectivity index (χ3v) is 5.42. The van der Waals surface area contributed by atoms with Gasteiger partial charge in [-0.25, -0.2) is 0 Å². The van der Waals surface area contributed by atoms with Crippen LogP contribution in [0.4, 0.5) is 0 Å². The molecule has 1 aromatic heterocycles. The third kappa shape index (κ3) is 4.42. The van der Waals surface area contributed by atoms with E-state index in [1.165, 1.54) is 11.1 Å². The lowest BCUT2D eigenvalue weighted by molar-refractivity contribution is 0.0945. The number of hydrogen-bond acceptors (Lipinski definition) is 2. The first-order valence-electron chi connectivity index (χ1n) is 9.76. The summed E-state index contributed by atoms with van der Waals surface area (Å²) < 4.78 is 0. The number of ketones is 1.